The fraction of sp³-hybridized carbons (Fsp3) is 0.600. The van der Waals surface area contributed by atoms with Gasteiger partial charge in [0.15, 0.2) is 5.82 Å². The number of aryl methyl sites for hydroxylation is 1. The molecule has 0 saturated heterocycles. The number of aromatic nitrogens is 2. The maximum absolute atomic E-state index is 11.7. The molecule has 0 aliphatic rings. The first-order valence-electron chi connectivity index (χ1n) is 5.63. The highest BCUT2D eigenvalue weighted by atomic mass is 32.2. The second kappa shape index (κ2) is 6.13. The Labute approximate surface area is 112 Å². The summed E-state index contributed by atoms with van der Waals surface area (Å²) in [6.07, 6.45) is 1.92. The summed E-state index contributed by atoms with van der Waals surface area (Å²) < 4.78 is 28.9. The van der Waals surface area contributed by atoms with Crippen molar-refractivity contribution in [2.24, 2.45) is 12.2 Å². The minimum absolute atomic E-state index is 0.0489. The lowest BCUT2D eigenvalue weighted by Crippen LogP contribution is -2.19. The number of hydrogen-bond acceptors (Lipinski definition) is 5. The van der Waals surface area contributed by atoms with Crippen molar-refractivity contribution >= 4 is 21.7 Å². The van der Waals surface area contributed by atoms with E-state index in [9.17, 15) is 13.2 Å². The molecule has 1 rings (SSSR count). The van der Waals surface area contributed by atoms with Gasteiger partial charge in [0.05, 0.1) is 6.10 Å². The van der Waals surface area contributed by atoms with Crippen molar-refractivity contribution in [1.29, 1.82) is 0 Å². The zero-order chi connectivity index (χ0) is 14.6. The van der Waals surface area contributed by atoms with E-state index in [-0.39, 0.29) is 29.1 Å². The summed E-state index contributed by atoms with van der Waals surface area (Å²) in [7, 11) is -0.822. The summed E-state index contributed by atoms with van der Waals surface area (Å²) in [5.41, 5.74) is 0. The molecule has 1 aromatic rings. The summed E-state index contributed by atoms with van der Waals surface area (Å²) in [6, 6.07) is 0. The molecule has 1 aromatic heterocycles. The van der Waals surface area contributed by atoms with Gasteiger partial charge in [-0.3, -0.25) is 9.48 Å². The van der Waals surface area contributed by atoms with Gasteiger partial charge >= 0.3 is 0 Å². The second-order valence-electron chi connectivity index (χ2n) is 4.19. The third kappa shape index (κ3) is 4.62. The molecule has 1 amide bonds. The van der Waals surface area contributed by atoms with Crippen LogP contribution in [0.5, 0.6) is 0 Å². The lowest BCUT2D eigenvalue weighted by molar-refractivity contribution is -0.116. The lowest BCUT2D eigenvalue weighted by atomic mass is 10.2. The fourth-order valence-corrected chi connectivity index (χ4v) is 2.07. The molecule has 0 aromatic carbocycles. The van der Waals surface area contributed by atoms with E-state index in [1.807, 2.05) is 6.92 Å². The highest BCUT2D eigenvalue weighted by molar-refractivity contribution is 7.89. The van der Waals surface area contributed by atoms with Crippen molar-refractivity contribution < 1.29 is 17.9 Å². The van der Waals surface area contributed by atoms with Crippen LogP contribution in [0.4, 0.5) is 5.82 Å². The summed E-state index contributed by atoms with van der Waals surface area (Å²) in [5.74, 6) is -0.396. The smallest absolute Gasteiger partial charge is 0.243 e. The van der Waals surface area contributed by atoms with Gasteiger partial charge in [-0.05, 0) is 13.3 Å². The van der Waals surface area contributed by atoms with Crippen LogP contribution in [0, 0.1) is 0 Å². The van der Waals surface area contributed by atoms with Crippen molar-refractivity contribution in [3.63, 3.8) is 0 Å². The number of rotatable bonds is 6. The molecule has 0 radical (unpaired) electrons. The maximum Gasteiger partial charge on any atom is 0.243 e. The Balaban J connectivity index is 2.75. The highest BCUT2D eigenvalue weighted by Crippen LogP contribution is 2.17. The predicted octanol–water partition coefficient (Wildman–Crippen LogP) is -0.179. The van der Waals surface area contributed by atoms with E-state index < -0.39 is 10.0 Å². The van der Waals surface area contributed by atoms with E-state index in [4.69, 9.17) is 9.88 Å². The Bertz CT molecular complexity index is 552. The molecule has 0 saturated carbocycles. The monoisotopic (exact) mass is 290 g/mol. The molecule has 108 valence electrons. The molecule has 8 nitrogen and oxygen atoms in total. The Hall–Kier alpha value is -1.45. The zero-order valence-electron chi connectivity index (χ0n) is 11.1. The minimum Gasteiger partial charge on any atom is -0.382 e. The summed E-state index contributed by atoms with van der Waals surface area (Å²) in [6.45, 7) is 1.84. The predicted molar refractivity (Wildman–Crippen MR) is 68.9 cm³/mol. The number of sulfonamides is 1. The van der Waals surface area contributed by atoms with E-state index in [2.05, 4.69) is 10.4 Å². The maximum atomic E-state index is 11.7. The normalized spacial score (nSPS) is 13.3. The standard InChI is InChI=1S/C10H18N4O4S/c1-7(18-3)4-5-9(15)12-10-8(19(11,16)17)6-14(2)13-10/h6-7H,4-5H2,1-3H3,(H2,11,16,17)(H,12,13,15). The van der Waals surface area contributed by atoms with Crippen LogP contribution in [0.3, 0.4) is 0 Å². The number of carbonyl (C=O) groups excluding carboxylic acids is 1. The Morgan fingerprint density at radius 3 is 2.79 bits per heavy atom. The number of methoxy groups -OCH3 is 1. The van der Waals surface area contributed by atoms with Gasteiger partial charge in [0, 0.05) is 26.8 Å². The first-order valence-corrected chi connectivity index (χ1v) is 7.17. The van der Waals surface area contributed by atoms with Gasteiger partial charge in [-0.2, -0.15) is 5.10 Å². The molecular weight excluding hydrogens is 272 g/mol. The molecule has 19 heavy (non-hydrogen) atoms. The van der Waals surface area contributed by atoms with Crippen molar-refractivity contribution in [2.45, 2.75) is 30.8 Å². The van der Waals surface area contributed by atoms with Crippen LogP contribution >= 0.6 is 0 Å². The van der Waals surface area contributed by atoms with E-state index in [1.54, 1.807) is 7.11 Å². The molecule has 0 fully saturated rings. The molecule has 1 unspecified atom stereocenters. The van der Waals surface area contributed by atoms with Gasteiger partial charge < -0.3 is 10.1 Å². The van der Waals surface area contributed by atoms with Gasteiger partial charge in [0.2, 0.25) is 15.9 Å². The van der Waals surface area contributed by atoms with Crippen LogP contribution in [0.15, 0.2) is 11.1 Å². The molecule has 1 heterocycles. The molecule has 3 N–H and O–H groups in total. The van der Waals surface area contributed by atoms with E-state index in [1.165, 1.54) is 17.9 Å². The number of hydrogen-bond donors (Lipinski definition) is 2. The number of nitrogens with two attached hydrogens (primary N) is 1. The third-order valence-electron chi connectivity index (χ3n) is 2.54. The minimum atomic E-state index is -3.92. The number of amides is 1. The zero-order valence-corrected chi connectivity index (χ0v) is 11.9. The topological polar surface area (TPSA) is 116 Å². The molecule has 9 heteroatoms. The Morgan fingerprint density at radius 2 is 2.26 bits per heavy atom. The van der Waals surface area contributed by atoms with Gasteiger partial charge in [0.25, 0.3) is 0 Å². The van der Waals surface area contributed by atoms with E-state index >= 15 is 0 Å². The van der Waals surface area contributed by atoms with Crippen LogP contribution in [0.2, 0.25) is 0 Å². The summed E-state index contributed by atoms with van der Waals surface area (Å²) in [4.78, 5) is 11.5. The lowest BCUT2D eigenvalue weighted by Gasteiger charge is -2.08. The largest absolute Gasteiger partial charge is 0.382 e. The first-order chi connectivity index (χ1) is 8.74. The Kier molecular flexibility index (Phi) is 5.04. The number of primary sulfonamides is 1. The molecule has 1 atom stereocenters. The number of nitrogens with zero attached hydrogens (tertiary/aromatic N) is 2. The highest BCUT2D eigenvalue weighted by Gasteiger charge is 2.20. The molecule has 0 bridgehead atoms. The Morgan fingerprint density at radius 1 is 1.63 bits per heavy atom. The average Bonchev–Trinajstić information content (AvgIpc) is 2.66. The first kappa shape index (κ1) is 15.6. The SMILES string of the molecule is COC(C)CCC(=O)Nc1nn(C)cc1S(N)(=O)=O. The van der Waals surface area contributed by atoms with Gasteiger partial charge in [-0.15, -0.1) is 0 Å². The van der Waals surface area contributed by atoms with E-state index in [0.29, 0.717) is 6.42 Å². The fourth-order valence-electron chi connectivity index (χ4n) is 1.41. The molecule has 0 spiro atoms. The van der Waals surface area contributed by atoms with Crippen molar-refractivity contribution in [3.8, 4) is 0 Å². The van der Waals surface area contributed by atoms with Gasteiger partial charge in [-0.25, -0.2) is 13.6 Å². The summed E-state index contributed by atoms with van der Waals surface area (Å²) >= 11 is 0. The summed E-state index contributed by atoms with van der Waals surface area (Å²) in [5, 5.41) is 11.3. The number of carbonyl (C=O) groups is 1. The van der Waals surface area contributed by atoms with Crippen molar-refractivity contribution in [3.05, 3.63) is 6.20 Å². The number of ether oxygens (including phenoxy) is 1. The van der Waals surface area contributed by atoms with Crippen LogP contribution in [0.1, 0.15) is 19.8 Å². The van der Waals surface area contributed by atoms with Crippen LogP contribution in [-0.4, -0.2) is 37.3 Å². The van der Waals surface area contributed by atoms with Crippen molar-refractivity contribution in [1.82, 2.24) is 9.78 Å². The third-order valence-corrected chi connectivity index (χ3v) is 3.45. The van der Waals surface area contributed by atoms with Crippen LogP contribution in [0.25, 0.3) is 0 Å². The molecule has 0 aliphatic heterocycles. The molecular formula is C10H18N4O4S. The van der Waals surface area contributed by atoms with Crippen molar-refractivity contribution in [2.75, 3.05) is 12.4 Å². The van der Waals surface area contributed by atoms with E-state index in [0.717, 1.165) is 0 Å². The van der Waals surface area contributed by atoms with Gasteiger partial charge in [-0.1, -0.05) is 0 Å². The van der Waals surface area contributed by atoms with Crippen LogP contribution in [-0.2, 0) is 26.6 Å². The quantitative estimate of drug-likeness (QED) is 0.754. The number of anilines is 1. The second-order valence-corrected chi connectivity index (χ2v) is 5.72. The average molecular weight is 290 g/mol. The van der Waals surface area contributed by atoms with Crippen LogP contribution < -0.4 is 10.5 Å². The number of nitrogens with one attached hydrogen (secondary N) is 1. The van der Waals surface area contributed by atoms with Gasteiger partial charge in [0.1, 0.15) is 4.90 Å². The molecule has 0 aliphatic carbocycles.